The van der Waals surface area contributed by atoms with E-state index in [-0.39, 0.29) is 5.43 Å². The van der Waals surface area contributed by atoms with E-state index in [1.165, 1.54) is 13.2 Å². The third-order valence-corrected chi connectivity index (χ3v) is 7.29. The second-order valence-corrected chi connectivity index (χ2v) is 9.78. The molecular weight excluding hydrogens is 518 g/mol. The van der Waals surface area contributed by atoms with Gasteiger partial charge in [-0.25, -0.2) is 0 Å². The third-order valence-electron chi connectivity index (χ3n) is 7.29. The van der Waals surface area contributed by atoms with Crippen LogP contribution >= 0.6 is 0 Å². The van der Waals surface area contributed by atoms with Crippen molar-refractivity contribution >= 4 is 16.7 Å². The first-order chi connectivity index (χ1) is 20.1. The zero-order valence-corrected chi connectivity index (χ0v) is 23.1. The zero-order chi connectivity index (χ0) is 28.2. The summed E-state index contributed by atoms with van der Waals surface area (Å²) in [5.74, 6) is 2.12. The van der Waals surface area contributed by atoms with Crippen LogP contribution in [-0.4, -0.2) is 40.5 Å². The highest BCUT2D eigenvalue weighted by Gasteiger charge is 2.22. The van der Waals surface area contributed by atoms with Crippen LogP contribution in [0.3, 0.4) is 0 Å². The number of morpholine rings is 1. The van der Waals surface area contributed by atoms with Crippen LogP contribution in [0.25, 0.3) is 33.4 Å². The average Bonchev–Trinajstić information content (AvgIpc) is 3.04. The van der Waals surface area contributed by atoms with Crippen LogP contribution in [0.4, 0.5) is 5.69 Å². The number of anilines is 1. The standard InChI is InChI=1S/C34H31NO6/c1-37-30-21-31(38-2)33-28(36)20-29(24-10-14-27(15-11-24)40-22-23-6-4-3-5-7-23)41-34(33)32(30)25-8-12-26(13-9-25)35-16-18-39-19-17-35/h3-15,20-21H,16-19,22H2,1-2H3. The normalized spacial score (nSPS) is 13.3. The Balaban J connectivity index is 1.39. The van der Waals surface area contributed by atoms with Gasteiger partial charge in [-0.3, -0.25) is 4.79 Å². The number of benzene rings is 4. The highest BCUT2D eigenvalue weighted by atomic mass is 16.5. The molecule has 1 aromatic heterocycles. The van der Waals surface area contributed by atoms with E-state index in [9.17, 15) is 4.79 Å². The van der Waals surface area contributed by atoms with Crippen LogP contribution in [0.5, 0.6) is 17.2 Å². The molecule has 5 aromatic rings. The van der Waals surface area contributed by atoms with Gasteiger partial charge in [-0.15, -0.1) is 0 Å². The molecule has 7 nitrogen and oxygen atoms in total. The van der Waals surface area contributed by atoms with Crippen molar-refractivity contribution in [1.82, 2.24) is 0 Å². The fourth-order valence-corrected chi connectivity index (χ4v) is 5.13. The maximum atomic E-state index is 13.5. The van der Waals surface area contributed by atoms with Gasteiger partial charge in [-0.05, 0) is 47.5 Å². The SMILES string of the molecule is COc1cc(OC)c2c(=O)cc(-c3ccc(OCc4ccccc4)cc3)oc2c1-c1ccc(N2CCOCC2)cc1. The number of hydrogen-bond acceptors (Lipinski definition) is 7. The zero-order valence-electron chi connectivity index (χ0n) is 23.1. The molecule has 41 heavy (non-hydrogen) atoms. The van der Waals surface area contributed by atoms with E-state index in [1.54, 1.807) is 13.2 Å². The molecular formula is C34H31NO6. The minimum atomic E-state index is -0.198. The maximum Gasteiger partial charge on any atom is 0.197 e. The van der Waals surface area contributed by atoms with Crippen molar-refractivity contribution in [2.24, 2.45) is 0 Å². The van der Waals surface area contributed by atoms with E-state index in [1.807, 2.05) is 66.7 Å². The molecule has 208 valence electrons. The second-order valence-electron chi connectivity index (χ2n) is 9.78. The molecule has 6 rings (SSSR count). The molecule has 0 atom stereocenters. The van der Waals surface area contributed by atoms with Gasteiger partial charge >= 0.3 is 0 Å². The fourth-order valence-electron chi connectivity index (χ4n) is 5.13. The Bertz CT molecular complexity index is 1690. The van der Waals surface area contributed by atoms with Gasteiger partial charge in [0, 0.05) is 36.5 Å². The molecule has 1 aliphatic heterocycles. The summed E-state index contributed by atoms with van der Waals surface area (Å²) >= 11 is 0. The second kappa shape index (κ2) is 11.8. The molecule has 0 N–H and O–H groups in total. The topological polar surface area (TPSA) is 70.4 Å². The van der Waals surface area contributed by atoms with Crippen molar-refractivity contribution in [2.75, 3.05) is 45.4 Å². The average molecular weight is 550 g/mol. The number of nitrogens with zero attached hydrogens (tertiary/aromatic N) is 1. The van der Waals surface area contributed by atoms with Crippen molar-refractivity contribution in [3.8, 4) is 39.7 Å². The van der Waals surface area contributed by atoms with Crippen LogP contribution < -0.4 is 24.5 Å². The van der Waals surface area contributed by atoms with Gasteiger partial charge in [0.05, 0.1) is 33.0 Å². The van der Waals surface area contributed by atoms with Crippen molar-refractivity contribution in [1.29, 1.82) is 0 Å². The lowest BCUT2D eigenvalue weighted by Gasteiger charge is -2.29. The first-order valence-electron chi connectivity index (χ1n) is 13.6. The van der Waals surface area contributed by atoms with Crippen LogP contribution in [0, 0.1) is 0 Å². The fraction of sp³-hybridized carbons (Fsp3) is 0.206. The highest BCUT2D eigenvalue weighted by molar-refractivity contribution is 6.00. The van der Waals surface area contributed by atoms with Crippen molar-refractivity contribution in [3.63, 3.8) is 0 Å². The number of hydrogen-bond donors (Lipinski definition) is 0. The van der Waals surface area contributed by atoms with E-state index >= 15 is 0 Å². The lowest BCUT2D eigenvalue weighted by atomic mass is 9.99. The quantitative estimate of drug-likeness (QED) is 0.217. The van der Waals surface area contributed by atoms with Gasteiger partial charge in [0.2, 0.25) is 0 Å². The Kier molecular flexibility index (Phi) is 7.60. The van der Waals surface area contributed by atoms with Crippen molar-refractivity contribution < 1.29 is 23.4 Å². The Morgan fingerprint density at radius 2 is 1.46 bits per heavy atom. The summed E-state index contributed by atoms with van der Waals surface area (Å²) in [4.78, 5) is 15.8. The predicted molar refractivity (Wildman–Crippen MR) is 160 cm³/mol. The summed E-state index contributed by atoms with van der Waals surface area (Å²) in [6.07, 6.45) is 0. The molecule has 0 radical (unpaired) electrons. The molecule has 4 aromatic carbocycles. The molecule has 1 saturated heterocycles. The van der Waals surface area contributed by atoms with Gasteiger partial charge in [-0.2, -0.15) is 0 Å². The summed E-state index contributed by atoms with van der Waals surface area (Å²) in [6, 6.07) is 29.0. The Labute approximate surface area is 238 Å². The van der Waals surface area contributed by atoms with E-state index in [0.717, 1.165) is 41.2 Å². The largest absolute Gasteiger partial charge is 0.496 e. The molecule has 0 bridgehead atoms. The number of rotatable bonds is 8. The summed E-state index contributed by atoms with van der Waals surface area (Å²) < 4.78 is 29.3. The van der Waals surface area contributed by atoms with Gasteiger partial charge < -0.3 is 28.3 Å². The summed E-state index contributed by atoms with van der Waals surface area (Å²) in [5, 5.41) is 0.368. The Morgan fingerprint density at radius 1 is 0.780 bits per heavy atom. The molecule has 7 heteroatoms. The van der Waals surface area contributed by atoms with E-state index in [0.29, 0.717) is 53.6 Å². The van der Waals surface area contributed by atoms with E-state index in [2.05, 4.69) is 17.0 Å². The number of ether oxygens (including phenoxy) is 4. The smallest absolute Gasteiger partial charge is 0.197 e. The van der Waals surface area contributed by atoms with E-state index in [4.69, 9.17) is 23.4 Å². The molecule has 0 amide bonds. The molecule has 2 heterocycles. The lowest BCUT2D eigenvalue weighted by molar-refractivity contribution is 0.122. The van der Waals surface area contributed by atoms with Crippen LogP contribution in [0.15, 0.2) is 100 Å². The Morgan fingerprint density at radius 3 is 2.15 bits per heavy atom. The lowest BCUT2D eigenvalue weighted by Crippen LogP contribution is -2.36. The van der Waals surface area contributed by atoms with Gasteiger partial charge in [0.25, 0.3) is 0 Å². The monoisotopic (exact) mass is 549 g/mol. The van der Waals surface area contributed by atoms with Crippen molar-refractivity contribution in [3.05, 3.63) is 107 Å². The number of fused-ring (bicyclic) bond motifs is 1. The highest BCUT2D eigenvalue weighted by Crippen LogP contribution is 2.42. The summed E-state index contributed by atoms with van der Waals surface area (Å²) in [5.41, 5.74) is 4.74. The number of methoxy groups -OCH3 is 2. The van der Waals surface area contributed by atoms with Crippen LogP contribution in [0.1, 0.15) is 5.56 Å². The molecule has 0 aliphatic carbocycles. The molecule has 0 unspecified atom stereocenters. The minimum Gasteiger partial charge on any atom is -0.496 e. The Hall–Kier alpha value is -4.75. The van der Waals surface area contributed by atoms with Gasteiger partial charge in [0.1, 0.15) is 35.0 Å². The van der Waals surface area contributed by atoms with Gasteiger partial charge in [-0.1, -0.05) is 42.5 Å². The van der Waals surface area contributed by atoms with Crippen molar-refractivity contribution in [2.45, 2.75) is 6.61 Å². The molecule has 1 aliphatic rings. The molecule has 0 spiro atoms. The van der Waals surface area contributed by atoms with Crippen LogP contribution in [0.2, 0.25) is 0 Å². The minimum absolute atomic E-state index is 0.198. The first kappa shape index (κ1) is 26.5. The third kappa shape index (κ3) is 5.49. The maximum absolute atomic E-state index is 13.5. The summed E-state index contributed by atoms with van der Waals surface area (Å²) in [7, 11) is 3.13. The van der Waals surface area contributed by atoms with Gasteiger partial charge in [0.15, 0.2) is 11.0 Å². The first-order valence-corrected chi connectivity index (χ1v) is 13.6. The van der Waals surface area contributed by atoms with E-state index < -0.39 is 0 Å². The molecule has 1 fully saturated rings. The van der Waals surface area contributed by atoms with Crippen LogP contribution in [-0.2, 0) is 11.3 Å². The predicted octanol–water partition coefficient (Wildman–Crippen LogP) is 6.56. The summed E-state index contributed by atoms with van der Waals surface area (Å²) in [6.45, 7) is 3.60. The molecule has 0 saturated carbocycles.